The van der Waals surface area contributed by atoms with Crippen molar-refractivity contribution in [2.75, 3.05) is 6.61 Å². The molecule has 1 aromatic rings. The van der Waals surface area contributed by atoms with Gasteiger partial charge in [-0.05, 0) is 47.5 Å². The van der Waals surface area contributed by atoms with Gasteiger partial charge in [-0.1, -0.05) is 6.92 Å². The summed E-state index contributed by atoms with van der Waals surface area (Å²) in [6.07, 6.45) is -0.292. The molecule has 0 spiro atoms. The molecule has 1 N–H and O–H groups in total. The van der Waals surface area contributed by atoms with Crippen LogP contribution in [0, 0.1) is 0 Å². The minimum Gasteiger partial charge on any atom is -0.479 e. The summed E-state index contributed by atoms with van der Waals surface area (Å²) in [5, 5.41) is 9.00. The second kappa shape index (κ2) is 7.13. The van der Waals surface area contributed by atoms with E-state index in [1.807, 2.05) is 0 Å². The van der Waals surface area contributed by atoms with E-state index in [1.165, 1.54) is 6.07 Å². The monoisotopic (exact) mass is 330 g/mol. The molecule has 0 amide bonds. The molecule has 1 atom stereocenters. The van der Waals surface area contributed by atoms with E-state index < -0.39 is 18.0 Å². The van der Waals surface area contributed by atoms with Gasteiger partial charge in [-0.15, -0.1) is 0 Å². The van der Waals surface area contributed by atoms with E-state index >= 15 is 0 Å². The van der Waals surface area contributed by atoms with E-state index in [4.69, 9.17) is 14.6 Å². The Balaban J connectivity index is 2.89. The van der Waals surface area contributed by atoms with Gasteiger partial charge in [0.05, 0.1) is 12.2 Å². The zero-order valence-electron chi connectivity index (χ0n) is 10.7. The molecule has 1 rings (SSSR count). The zero-order valence-corrected chi connectivity index (χ0v) is 12.3. The van der Waals surface area contributed by atoms with Gasteiger partial charge in [-0.3, -0.25) is 0 Å². The molecular weight excluding hydrogens is 316 g/mol. The lowest BCUT2D eigenvalue weighted by Gasteiger charge is -2.16. The number of hydrogen-bond donors (Lipinski definition) is 1. The first-order valence-electron chi connectivity index (χ1n) is 5.85. The van der Waals surface area contributed by atoms with Gasteiger partial charge >= 0.3 is 11.9 Å². The molecule has 0 aromatic heterocycles. The maximum Gasteiger partial charge on any atom is 0.347 e. The van der Waals surface area contributed by atoms with Crippen LogP contribution in [-0.2, 0) is 9.53 Å². The fourth-order valence-electron chi connectivity index (χ4n) is 1.44. The molecule has 19 heavy (non-hydrogen) atoms. The van der Waals surface area contributed by atoms with Crippen LogP contribution in [0.5, 0.6) is 5.75 Å². The van der Waals surface area contributed by atoms with Crippen LogP contribution in [0.2, 0.25) is 0 Å². The Hall–Kier alpha value is -1.56. The van der Waals surface area contributed by atoms with E-state index in [9.17, 15) is 9.59 Å². The van der Waals surface area contributed by atoms with Gasteiger partial charge in [-0.2, -0.15) is 0 Å². The first-order chi connectivity index (χ1) is 8.99. The van der Waals surface area contributed by atoms with E-state index in [0.717, 1.165) is 0 Å². The van der Waals surface area contributed by atoms with Gasteiger partial charge in [0, 0.05) is 4.47 Å². The molecular formula is C13H15BrO5. The number of benzene rings is 1. The first-order valence-corrected chi connectivity index (χ1v) is 6.65. The fraction of sp³-hybridized carbons (Fsp3) is 0.385. The smallest absolute Gasteiger partial charge is 0.347 e. The molecule has 0 aliphatic heterocycles. The normalized spacial score (nSPS) is 11.7. The molecule has 6 heteroatoms. The molecule has 0 heterocycles. The van der Waals surface area contributed by atoms with E-state index in [-0.39, 0.29) is 12.2 Å². The summed E-state index contributed by atoms with van der Waals surface area (Å²) < 4.78 is 10.8. The Bertz CT molecular complexity index is 472. The van der Waals surface area contributed by atoms with Crippen LogP contribution in [0.4, 0.5) is 0 Å². The first kappa shape index (κ1) is 15.5. The third kappa shape index (κ3) is 4.24. The number of carbonyl (C=O) groups excluding carboxylic acids is 1. The lowest BCUT2D eigenvalue weighted by molar-refractivity contribution is -0.151. The van der Waals surface area contributed by atoms with Crippen LogP contribution >= 0.6 is 15.9 Å². The van der Waals surface area contributed by atoms with Crippen molar-refractivity contribution in [1.82, 2.24) is 0 Å². The fourth-order valence-corrected chi connectivity index (χ4v) is 1.86. The maximum atomic E-state index is 11.6. The summed E-state index contributed by atoms with van der Waals surface area (Å²) in [5.41, 5.74) is 0.0798. The Morgan fingerprint density at radius 1 is 1.37 bits per heavy atom. The van der Waals surface area contributed by atoms with Gasteiger partial charge in [0.25, 0.3) is 0 Å². The minimum absolute atomic E-state index is 0.0798. The standard InChI is InChI=1S/C13H15BrO5/c1-3-11(13(17)18-4-2)19-8-5-6-10(14)9(7-8)12(15)16/h5-7,11H,3-4H2,1-2H3,(H,15,16). The average molecular weight is 331 g/mol. The van der Waals surface area contributed by atoms with Gasteiger partial charge < -0.3 is 14.6 Å². The largest absolute Gasteiger partial charge is 0.479 e. The SMILES string of the molecule is CCOC(=O)C(CC)Oc1ccc(Br)c(C(=O)O)c1. The highest BCUT2D eigenvalue weighted by atomic mass is 79.9. The third-order valence-corrected chi connectivity index (χ3v) is 3.06. The van der Waals surface area contributed by atoms with Gasteiger partial charge in [0.15, 0.2) is 6.10 Å². The summed E-state index contributed by atoms with van der Waals surface area (Å²) in [4.78, 5) is 22.6. The lowest BCUT2D eigenvalue weighted by atomic mass is 10.2. The topological polar surface area (TPSA) is 72.8 Å². The quantitative estimate of drug-likeness (QED) is 0.812. The molecule has 0 radical (unpaired) electrons. The number of rotatable bonds is 6. The Labute approximate surface area is 119 Å². The minimum atomic E-state index is -1.07. The van der Waals surface area contributed by atoms with Crippen molar-refractivity contribution in [2.24, 2.45) is 0 Å². The van der Waals surface area contributed by atoms with Crippen LogP contribution in [0.25, 0.3) is 0 Å². The van der Waals surface area contributed by atoms with Crippen molar-refractivity contribution in [3.63, 3.8) is 0 Å². The maximum absolute atomic E-state index is 11.6. The van der Waals surface area contributed by atoms with Gasteiger partial charge in [0.1, 0.15) is 5.75 Å². The van der Waals surface area contributed by atoms with Crippen LogP contribution in [0.15, 0.2) is 22.7 Å². The highest BCUT2D eigenvalue weighted by molar-refractivity contribution is 9.10. The molecule has 0 aliphatic carbocycles. The number of carboxylic acids is 1. The predicted molar refractivity (Wildman–Crippen MR) is 72.4 cm³/mol. The molecule has 0 aliphatic rings. The summed E-state index contributed by atoms with van der Waals surface area (Å²) in [7, 11) is 0. The van der Waals surface area contributed by atoms with Gasteiger partial charge in [-0.25, -0.2) is 9.59 Å². The van der Waals surface area contributed by atoms with Gasteiger partial charge in [0.2, 0.25) is 0 Å². The Morgan fingerprint density at radius 2 is 2.05 bits per heavy atom. The Kier molecular flexibility index (Phi) is 5.82. The lowest BCUT2D eigenvalue weighted by Crippen LogP contribution is -2.28. The van der Waals surface area contributed by atoms with Crippen molar-refractivity contribution in [1.29, 1.82) is 0 Å². The highest BCUT2D eigenvalue weighted by Crippen LogP contribution is 2.24. The number of aromatic carboxylic acids is 1. The molecule has 1 aromatic carbocycles. The number of halogens is 1. The van der Waals surface area contributed by atoms with E-state index in [0.29, 0.717) is 16.6 Å². The summed E-state index contributed by atoms with van der Waals surface area (Å²) in [6.45, 7) is 3.78. The van der Waals surface area contributed by atoms with Crippen molar-refractivity contribution in [2.45, 2.75) is 26.4 Å². The molecule has 0 saturated carbocycles. The summed E-state index contributed by atoms with van der Waals surface area (Å²) >= 11 is 3.14. The molecule has 104 valence electrons. The van der Waals surface area contributed by atoms with E-state index in [1.54, 1.807) is 26.0 Å². The van der Waals surface area contributed by atoms with Crippen LogP contribution in [-0.4, -0.2) is 29.8 Å². The zero-order chi connectivity index (χ0) is 14.4. The number of carboxylic acid groups (broad SMARTS) is 1. The van der Waals surface area contributed by atoms with Crippen molar-refractivity contribution in [3.05, 3.63) is 28.2 Å². The average Bonchev–Trinajstić information content (AvgIpc) is 2.37. The van der Waals surface area contributed by atoms with Crippen LogP contribution in [0.1, 0.15) is 30.6 Å². The molecule has 1 unspecified atom stereocenters. The molecule has 0 saturated heterocycles. The van der Waals surface area contributed by atoms with Crippen molar-refractivity contribution >= 4 is 27.9 Å². The number of carbonyl (C=O) groups is 2. The summed E-state index contributed by atoms with van der Waals surface area (Å²) in [6, 6.07) is 4.53. The second-order valence-electron chi connectivity index (χ2n) is 3.71. The molecule has 5 nitrogen and oxygen atoms in total. The second-order valence-corrected chi connectivity index (χ2v) is 4.57. The summed E-state index contributed by atoms with van der Waals surface area (Å²) in [5.74, 6) is -1.20. The number of esters is 1. The predicted octanol–water partition coefficient (Wildman–Crippen LogP) is 2.87. The van der Waals surface area contributed by atoms with Crippen LogP contribution < -0.4 is 4.74 Å². The van der Waals surface area contributed by atoms with Crippen LogP contribution in [0.3, 0.4) is 0 Å². The molecule has 0 bridgehead atoms. The Morgan fingerprint density at radius 3 is 2.58 bits per heavy atom. The van der Waals surface area contributed by atoms with Crippen molar-refractivity contribution < 1.29 is 24.2 Å². The number of hydrogen-bond acceptors (Lipinski definition) is 4. The van der Waals surface area contributed by atoms with E-state index in [2.05, 4.69) is 15.9 Å². The molecule has 0 fully saturated rings. The third-order valence-electron chi connectivity index (χ3n) is 2.37. The number of ether oxygens (including phenoxy) is 2. The van der Waals surface area contributed by atoms with Crippen molar-refractivity contribution in [3.8, 4) is 5.75 Å². The highest BCUT2D eigenvalue weighted by Gasteiger charge is 2.20.